The van der Waals surface area contributed by atoms with Gasteiger partial charge in [-0.2, -0.15) is 26.3 Å². The van der Waals surface area contributed by atoms with Gasteiger partial charge in [-0.3, -0.25) is 4.79 Å². The number of carbonyl (C=O) groups excluding carboxylic acids is 2. The first-order valence-corrected chi connectivity index (χ1v) is 15.9. The Bertz CT molecular complexity index is 1640. The van der Waals surface area contributed by atoms with Gasteiger partial charge in [-0.1, -0.05) is 87.9 Å². The third-order valence-electron chi connectivity index (χ3n) is 6.84. The molecular weight excluding hydrogens is 699 g/mol. The highest BCUT2D eigenvalue weighted by molar-refractivity contribution is 8.30. The first-order valence-electron chi connectivity index (χ1n) is 13.2. The zero-order chi connectivity index (χ0) is 34.2. The fourth-order valence-corrected chi connectivity index (χ4v) is 8.14. The number of anilines is 1. The Labute approximate surface area is 277 Å². The minimum atomic E-state index is -6.61. The molecule has 0 saturated carbocycles. The van der Waals surface area contributed by atoms with E-state index in [0.717, 1.165) is 28.8 Å². The molecule has 0 saturated heterocycles. The number of alkyl halides is 6. The van der Waals surface area contributed by atoms with Crippen LogP contribution in [0, 0.1) is 20.8 Å². The van der Waals surface area contributed by atoms with Crippen LogP contribution in [0.3, 0.4) is 0 Å². The summed E-state index contributed by atoms with van der Waals surface area (Å²) >= 11 is 17.4. The number of hydrogen-bond donors (Lipinski definition) is 1. The second kappa shape index (κ2) is 13.0. The van der Waals surface area contributed by atoms with Gasteiger partial charge in [0.05, 0.1) is 15.7 Å². The van der Waals surface area contributed by atoms with E-state index in [4.69, 9.17) is 39.0 Å². The summed E-state index contributed by atoms with van der Waals surface area (Å²) in [5, 5.41) is 0.151. The fourth-order valence-electron chi connectivity index (χ4n) is 4.23. The molecule has 0 unspecified atom stereocenters. The van der Waals surface area contributed by atoms with Crippen LogP contribution in [0.5, 0.6) is 0 Å². The van der Waals surface area contributed by atoms with Crippen molar-refractivity contribution >= 4 is 62.7 Å². The smallest absolute Gasteiger partial charge is 0.397 e. The van der Waals surface area contributed by atoms with Gasteiger partial charge in [-0.25, -0.2) is 4.79 Å². The van der Waals surface area contributed by atoms with E-state index in [-0.39, 0.29) is 19.7 Å². The van der Waals surface area contributed by atoms with E-state index in [9.17, 15) is 9.59 Å². The van der Waals surface area contributed by atoms with Crippen LogP contribution in [-0.2, 0) is 13.8 Å². The molecule has 0 aliphatic heterocycles. The third kappa shape index (κ3) is 6.43. The zero-order valence-corrected chi connectivity index (χ0v) is 27.2. The van der Waals surface area contributed by atoms with E-state index in [1.807, 2.05) is 0 Å². The van der Waals surface area contributed by atoms with Crippen LogP contribution in [0.2, 0.25) is 15.1 Å². The van der Waals surface area contributed by atoms with Crippen molar-refractivity contribution in [1.82, 2.24) is 0 Å². The van der Waals surface area contributed by atoms with E-state index in [1.54, 1.807) is 57.2 Å². The molecule has 4 nitrogen and oxygen atoms in total. The molecule has 4 rings (SSSR count). The van der Waals surface area contributed by atoms with Crippen molar-refractivity contribution < 1.29 is 40.1 Å². The predicted octanol–water partition coefficient (Wildman–Crippen LogP) is 10.9. The van der Waals surface area contributed by atoms with Crippen LogP contribution in [0.1, 0.15) is 16.7 Å². The number of benzene rings is 4. The quantitative estimate of drug-likeness (QED) is 0.175. The average molecular weight is 723 g/mol. The van der Waals surface area contributed by atoms with Crippen LogP contribution < -0.4 is 5.32 Å². The largest absolute Gasteiger partial charge is 0.412 e. The lowest BCUT2D eigenvalue weighted by atomic mass is 10.0. The lowest BCUT2D eigenvalue weighted by molar-refractivity contribution is -0.290. The molecule has 4 aromatic rings. The number of hydrogen-bond acceptors (Lipinski definition) is 3. The van der Waals surface area contributed by atoms with Gasteiger partial charge in [0.1, 0.15) is 0 Å². The van der Waals surface area contributed by atoms with E-state index >= 15 is 26.3 Å². The molecule has 0 aliphatic carbocycles. The number of amides is 1. The van der Waals surface area contributed by atoms with Crippen LogP contribution in [0.25, 0.3) is 0 Å². The lowest BCUT2D eigenvalue weighted by Crippen LogP contribution is -2.62. The maximum atomic E-state index is 15.5. The second-order valence-electron chi connectivity index (χ2n) is 10.3. The van der Waals surface area contributed by atoms with Crippen molar-refractivity contribution in [3.63, 3.8) is 0 Å². The molecule has 0 aliphatic rings. The summed E-state index contributed by atoms with van der Waals surface area (Å²) in [6.45, 7) is 5.20. The highest BCUT2D eigenvalue weighted by atomic mass is 35.5. The summed E-state index contributed by atoms with van der Waals surface area (Å²) < 4.78 is 97.1. The standard InChI is InChI=1S/C32H24Cl3F6NO3S/c1-18-4-10-22(11-5-18)46(23-12-6-19(2)7-13-23,24-14-8-20(3)9-15-24)45-29(44)31(38,39)32(40,41)30(36,37)28(43)42-27-25(34)16-21(33)17-26(27)35/h4-17H,1-3H3,(H,42,43). The summed E-state index contributed by atoms with van der Waals surface area (Å²) in [5.74, 6) is -24.9. The van der Waals surface area contributed by atoms with Crippen LogP contribution in [0.4, 0.5) is 32.0 Å². The monoisotopic (exact) mass is 721 g/mol. The first kappa shape index (κ1) is 35.5. The average Bonchev–Trinajstić information content (AvgIpc) is 2.98. The topological polar surface area (TPSA) is 55.4 Å². The minimum absolute atomic E-state index is 0.0962. The third-order valence-corrected chi connectivity index (χ3v) is 10.9. The van der Waals surface area contributed by atoms with Gasteiger partial charge in [-0.15, -0.1) is 0 Å². The molecule has 0 radical (unpaired) electrons. The Morgan fingerprint density at radius 2 is 0.978 bits per heavy atom. The molecule has 4 aromatic carbocycles. The van der Waals surface area contributed by atoms with Crippen molar-refractivity contribution in [2.75, 3.05) is 5.32 Å². The number of rotatable bonds is 9. The van der Waals surface area contributed by atoms with E-state index in [0.29, 0.717) is 0 Å². The van der Waals surface area contributed by atoms with Gasteiger partial charge in [0.25, 0.3) is 0 Å². The van der Waals surface area contributed by atoms with Crippen LogP contribution in [-0.4, -0.2) is 29.6 Å². The summed E-state index contributed by atoms with van der Waals surface area (Å²) in [4.78, 5) is 26.1. The second-order valence-corrected chi connectivity index (χ2v) is 14.2. The minimum Gasteiger partial charge on any atom is -0.397 e. The van der Waals surface area contributed by atoms with Gasteiger partial charge in [0.2, 0.25) is 0 Å². The van der Waals surface area contributed by atoms with Crippen molar-refractivity contribution in [2.45, 2.75) is 53.2 Å². The first-order chi connectivity index (χ1) is 21.3. The van der Waals surface area contributed by atoms with Gasteiger partial charge in [0.15, 0.2) is 0 Å². The molecule has 14 heteroatoms. The van der Waals surface area contributed by atoms with Gasteiger partial charge in [-0.05, 0) is 79.6 Å². The van der Waals surface area contributed by atoms with E-state index in [2.05, 4.69) is 0 Å². The van der Waals surface area contributed by atoms with Crippen LogP contribution >= 0.6 is 45.1 Å². The Morgan fingerprint density at radius 3 is 1.33 bits per heavy atom. The van der Waals surface area contributed by atoms with Gasteiger partial charge < -0.3 is 9.50 Å². The highest BCUT2D eigenvalue weighted by Gasteiger charge is 2.79. The number of carbonyl (C=O) groups is 2. The molecule has 0 fully saturated rings. The molecule has 0 atom stereocenters. The maximum absolute atomic E-state index is 15.5. The Morgan fingerprint density at radius 1 is 0.630 bits per heavy atom. The molecular formula is C32H24Cl3F6NO3S. The van der Waals surface area contributed by atoms with E-state index in [1.165, 1.54) is 41.7 Å². The van der Waals surface area contributed by atoms with Crippen molar-refractivity contribution in [2.24, 2.45) is 0 Å². The molecule has 0 spiro atoms. The lowest BCUT2D eigenvalue weighted by Gasteiger charge is -2.41. The normalized spacial score (nSPS) is 12.9. The van der Waals surface area contributed by atoms with Crippen molar-refractivity contribution in [3.8, 4) is 0 Å². The number of halogens is 9. The number of aryl methyl sites for hydroxylation is 3. The molecule has 46 heavy (non-hydrogen) atoms. The Kier molecular flexibility index (Phi) is 10.0. The SMILES string of the molecule is Cc1ccc(S(OC(=O)C(F)(F)C(F)(F)C(F)(F)C(=O)Nc2c(Cl)cc(Cl)cc2Cl)(c2ccc(C)cc2)c2ccc(C)cc2)cc1. The van der Waals surface area contributed by atoms with Crippen LogP contribution in [0.15, 0.2) is 99.6 Å². The summed E-state index contributed by atoms with van der Waals surface area (Å²) in [6, 6.07) is 20.2. The van der Waals surface area contributed by atoms with E-state index < -0.39 is 55.7 Å². The molecule has 0 heterocycles. The highest BCUT2D eigenvalue weighted by Crippen LogP contribution is 2.70. The zero-order valence-electron chi connectivity index (χ0n) is 24.1. The van der Waals surface area contributed by atoms with Crippen molar-refractivity contribution in [1.29, 1.82) is 0 Å². The summed E-state index contributed by atoms with van der Waals surface area (Å²) in [5.41, 5.74) is 1.42. The Hall–Kier alpha value is -3.38. The van der Waals surface area contributed by atoms with Crippen molar-refractivity contribution in [3.05, 3.63) is 117 Å². The predicted molar refractivity (Wildman–Crippen MR) is 167 cm³/mol. The fraction of sp³-hybridized carbons (Fsp3) is 0.188. The Balaban J connectivity index is 1.83. The molecule has 1 N–H and O–H groups in total. The maximum Gasteiger partial charge on any atom is 0.412 e. The molecule has 1 amide bonds. The summed E-state index contributed by atoms with van der Waals surface area (Å²) in [7, 11) is -3.61. The molecule has 0 bridgehead atoms. The van der Waals surface area contributed by atoms with Gasteiger partial charge in [0, 0.05) is 19.7 Å². The number of nitrogens with one attached hydrogen (secondary N) is 1. The molecule has 0 aromatic heterocycles. The van der Waals surface area contributed by atoms with Gasteiger partial charge >= 0.3 is 29.6 Å². The molecule has 244 valence electrons. The summed E-state index contributed by atoms with van der Waals surface area (Å²) in [6.07, 6.45) is 0.